The van der Waals surface area contributed by atoms with E-state index in [1.54, 1.807) is 6.92 Å². The van der Waals surface area contributed by atoms with Crippen molar-refractivity contribution >= 4 is 0 Å². The van der Waals surface area contributed by atoms with Crippen molar-refractivity contribution in [3.63, 3.8) is 0 Å². The summed E-state index contributed by atoms with van der Waals surface area (Å²) in [5, 5.41) is 3.30. The van der Waals surface area contributed by atoms with E-state index in [-0.39, 0.29) is 17.7 Å². The Bertz CT molecular complexity index is 472. The highest BCUT2D eigenvalue weighted by atomic mass is 19.1. The highest BCUT2D eigenvalue weighted by Gasteiger charge is 2.29. The van der Waals surface area contributed by atoms with Crippen LogP contribution in [0.1, 0.15) is 43.9 Å². The van der Waals surface area contributed by atoms with Gasteiger partial charge in [0, 0.05) is 30.2 Å². The average Bonchev–Trinajstić information content (AvgIpc) is 3.23. The van der Waals surface area contributed by atoms with E-state index in [4.69, 9.17) is 0 Å². The van der Waals surface area contributed by atoms with Gasteiger partial charge in [-0.25, -0.2) is 8.78 Å². The van der Waals surface area contributed by atoms with Crippen LogP contribution < -0.4 is 5.32 Å². The van der Waals surface area contributed by atoms with Gasteiger partial charge in [0.15, 0.2) is 0 Å². The standard InChI is InChI=1S/C16H24F2N2/c1-10-7-16(18)14(8-15(10)17)12(3)19-9-11(2)20(4)13-5-6-13/h7-8,11-13,19H,5-6,9H2,1-4H3. The van der Waals surface area contributed by atoms with E-state index in [2.05, 4.69) is 24.2 Å². The molecule has 0 heterocycles. The van der Waals surface area contributed by atoms with Gasteiger partial charge in [0.1, 0.15) is 11.6 Å². The Hall–Kier alpha value is -1.00. The van der Waals surface area contributed by atoms with Crippen molar-refractivity contribution in [3.8, 4) is 0 Å². The first-order valence-electron chi connectivity index (χ1n) is 7.31. The molecule has 1 aromatic rings. The van der Waals surface area contributed by atoms with Crippen LogP contribution in [0.3, 0.4) is 0 Å². The van der Waals surface area contributed by atoms with Crippen molar-refractivity contribution in [3.05, 3.63) is 34.9 Å². The van der Waals surface area contributed by atoms with E-state index >= 15 is 0 Å². The Morgan fingerprint density at radius 3 is 2.50 bits per heavy atom. The molecule has 2 atom stereocenters. The first-order chi connectivity index (χ1) is 9.40. The van der Waals surface area contributed by atoms with Gasteiger partial charge in [-0.15, -0.1) is 0 Å². The molecule has 0 amide bonds. The molecule has 112 valence electrons. The topological polar surface area (TPSA) is 15.3 Å². The number of likely N-dealkylation sites (N-methyl/N-ethyl adjacent to an activating group) is 1. The number of hydrogen-bond acceptors (Lipinski definition) is 2. The number of hydrogen-bond donors (Lipinski definition) is 1. The van der Waals surface area contributed by atoms with Crippen molar-refractivity contribution in [1.29, 1.82) is 0 Å². The molecule has 4 heteroatoms. The summed E-state index contributed by atoms with van der Waals surface area (Å²) in [5.74, 6) is -0.690. The third-order valence-electron chi connectivity index (χ3n) is 4.28. The number of nitrogens with one attached hydrogen (secondary N) is 1. The molecule has 1 aliphatic carbocycles. The molecule has 0 spiro atoms. The molecular weight excluding hydrogens is 258 g/mol. The fourth-order valence-corrected chi connectivity index (χ4v) is 2.44. The zero-order valence-electron chi connectivity index (χ0n) is 12.7. The summed E-state index contributed by atoms with van der Waals surface area (Å²) < 4.78 is 27.4. The predicted molar refractivity (Wildman–Crippen MR) is 77.8 cm³/mol. The van der Waals surface area contributed by atoms with Crippen LogP contribution in [0.25, 0.3) is 0 Å². The third-order valence-corrected chi connectivity index (χ3v) is 4.28. The molecule has 1 saturated carbocycles. The predicted octanol–water partition coefficient (Wildman–Crippen LogP) is 3.41. The minimum atomic E-state index is -0.349. The zero-order chi connectivity index (χ0) is 14.9. The minimum absolute atomic E-state index is 0.194. The number of halogens is 2. The molecule has 2 unspecified atom stereocenters. The Labute approximate surface area is 120 Å². The van der Waals surface area contributed by atoms with Gasteiger partial charge in [-0.1, -0.05) is 0 Å². The van der Waals surface area contributed by atoms with Crippen molar-refractivity contribution in [2.75, 3.05) is 13.6 Å². The molecule has 1 aromatic carbocycles. The molecule has 1 N–H and O–H groups in total. The normalized spacial score (nSPS) is 18.4. The largest absolute Gasteiger partial charge is 0.309 e. The summed E-state index contributed by atoms with van der Waals surface area (Å²) in [6.07, 6.45) is 2.54. The van der Waals surface area contributed by atoms with Crippen LogP contribution in [0, 0.1) is 18.6 Å². The summed E-state index contributed by atoms with van der Waals surface area (Å²) in [7, 11) is 2.13. The molecule has 20 heavy (non-hydrogen) atoms. The Kier molecular flexibility index (Phi) is 4.76. The van der Waals surface area contributed by atoms with Crippen LogP contribution >= 0.6 is 0 Å². The molecule has 1 aliphatic rings. The maximum absolute atomic E-state index is 13.9. The lowest BCUT2D eigenvalue weighted by Crippen LogP contribution is -2.40. The number of rotatable bonds is 6. The van der Waals surface area contributed by atoms with E-state index in [1.807, 2.05) is 6.92 Å². The Morgan fingerprint density at radius 2 is 1.90 bits per heavy atom. The lowest BCUT2D eigenvalue weighted by molar-refractivity contribution is 0.236. The summed E-state index contributed by atoms with van der Waals surface area (Å²) in [4.78, 5) is 2.35. The highest BCUT2D eigenvalue weighted by Crippen LogP contribution is 2.27. The van der Waals surface area contributed by atoms with Crippen LogP contribution in [0.5, 0.6) is 0 Å². The molecule has 2 rings (SSSR count). The van der Waals surface area contributed by atoms with Crippen LogP contribution in [-0.2, 0) is 0 Å². The molecule has 0 saturated heterocycles. The molecular formula is C16H24F2N2. The Morgan fingerprint density at radius 1 is 1.25 bits per heavy atom. The average molecular weight is 282 g/mol. The molecule has 0 aromatic heterocycles. The van der Waals surface area contributed by atoms with Crippen molar-refractivity contribution in [1.82, 2.24) is 10.2 Å². The van der Waals surface area contributed by atoms with Crippen LogP contribution in [0.4, 0.5) is 8.78 Å². The van der Waals surface area contributed by atoms with Gasteiger partial charge in [0.2, 0.25) is 0 Å². The smallest absolute Gasteiger partial charge is 0.128 e. The van der Waals surface area contributed by atoms with Crippen LogP contribution in [0.2, 0.25) is 0 Å². The van der Waals surface area contributed by atoms with Crippen LogP contribution in [0.15, 0.2) is 12.1 Å². The summed E-state index contributed by atoms with van der Waals surface area (Å²) in [6.45, 7) is 6.37. The van der Waals surface area contributed by atoms with Gasteiger partial charge >= 0.3 is 0 Å². The summed E-state index contributed by atoms with van der Waals surface area (Å²) >= 11 is 0. The van der Waals surface area contributed by atoms with Gasteiger partial charge < -0.3 is 5.32 Å². The van der Waals surface area contributed by atoms with Gasteiger partial charge in [-0.2, -0.15) is 0 Å². The monoisotopic (exact) mass is 282 g/mol. The number of benzene rings is 1. The molecule has 0 radical (unpaired) electrons. The van der Waals surface area contributed by atoms with Gasteiger partial charge in [-0.05, 0) is 58.4 Å². The van der Waals surface area contributed by atoms with E-state index in [9.17, 15) is 8.78 Å². The van der Waals surface area contributed by atoms with Crippen molar-refractivity contribution in [2.45, 2.75) is 51.7 Å². The maximum atomic E-state index is 13.9. The minimum Gasteiger partial charge on any atom is -0.309 e. The number of nitrogens with zero attached hydrogens (tertiary/aromatic N) is 1. The fraction of sp³-hybridized carbons (Fsp3) is 0.625. The van der Waals surface area contributed by atoms with Gasteiger partial charge in [0.25, 0.3) is 0 Å². The molecule has 0 aliphatic heterocycles. The Balaban J connectivity index is 1.94. The molecule has 2 nitrogen and oxygen atoms in total. The lowest BCUT2D eigenvalue weighted by atomic mass is 10.0. The second-order valence-electron chi connectivity index (χ2n) is 6.00. The summed E-state index contributed by atoms with van der Waals surface area (Å²) in [5.41, 5.74) is 0.745. The SMILES string of the molecule is Cc1cc(F)c(C(C)NCC(C)N(C)C2CC2)cc1F. The van der Waals surface area contributed by atoms with E-state index in [0.717, 1.165) is 6.54 Å². The van der Waals surface area contributed by atoms with Crippen molar-refractivity contribution < 1.29 is 8.78 Å². The quantitative estimate of drug-likeness (QED) is 0.860. The fourth-order valence-electron chi connectivity index (χ4n) is 2.44. The molecule has 0 bridgehead atoms. The molecule has 1 fully saturated rings. The third kappa shape index (κ3) is 3.55. The lowest BCUT2D eigenvalue weighted by Gasteiger charge is -2.26. The highest BCUT2D eigenvalue weighted by molar-refractivity contribution is 5.27. The first kappa shape index (κ1) is 15.4. The van der Waals surface area contributed by atoms with Crippen molar-refractivity contribution in [2.24, 2.45) is 0 Å². The van der Waals surface area contributed by atoms with E-state index < -0.39 is 0 Å². The van der Waals surface area contributed by atoms with Crippen LogP contribution in [-0.4, -0.2) is 30.6 Å². The number of aryl methyl sites for hydroxylation is 1. The first-order valence-corrected chi connectivity index (χ1v) is 7.31. The van der Waals surface area contributed by atoms with E-state index in [1.165, 1.54) is 25.0 Å². The van der Waals surface area contributed by atoms with Gasteiger partial charge in [0.05, 0.1) is 0 Å². The van der Waals surface area contributed by atoms with E-state index in [0.29, 0.717) is 23.2 Å². The summed E-state index contributed by atoms with van der Waals surface area (Å²) in [6, 6.07) is 3.47. The second-order valence-corrected chi connectivity index (χ2v) is 6.00. The van der Waals surface area contributed by atoms with Gasteiger partial charge in [-0.3, -0.25) is 4.90 Å². The maximum Gasteiger partial charge on any atom is 0.128 e. The second kappa shape index (κ2) is 6.19. The zero-order valence-corrected chi connectivity index (χ0v) is 12.7.